The number of H-pyrrole nitrogens is 1. The zero-order valence-corrected chi connectivity index (χ0v) is 14.7. The predicted octanol–water partition coefficient (Wildman–Crippen LogP) is 4.33. The summed E-state index contributed by atoms with van der Waals surface area (Å²) in [7, 11) is -1.22. The number of anilines is 1. The maximum Gasteiger partial charge on any atom is 0.272 e. The number of aromatic amines is 1. The molecule has 0 saturated carbocycles. The van der Waals surface area contributed by atoms with Crippen molar-refractivity contribution in [3.8, 4) is 0 Å². The lowest BCUT2D eigenvalue weighted by Gasteiger charge is -2.20. The predicted molar refractivity (Wildman–Crippen MR) is 98.9 cm³/mol. The van der Waals surface area contributed by atoms with E-state index in [0.29, 0.717) is 16.3 Å². The fourth-order valence-corrected chi connectivity index (χ4v) is 3.63. The zero-order chi connectivity index (χ0) is 17.3. The first kappa shape index (κ1) is 16.5. The van der Waals surface area contributed by atoms with Crippen LogP contribution in [-0.2, 0) is 10.8 Å². The smallest absolute Gasteiger partial charge is 0.272 e. The fraction of sp³-hybridized carbons (Fsp3) is 0.211. The molecule has 5 heteroatoms. The molecule has 0 spiro atoms. The van der Waals surface area contributed by atoms with E-state index in [-0.39, 0.29) is 5.91 Å². The molecule has 1 unspecified atom stereocenters. The molecule has 0 fully saturated rings. The van der Waals surface area contributed by atoms with Gasteiger partial charge in [-0.15, -0.1) is 0 Å². The number of hydrogen-bond acceptors (Lipinski definition) is 2. The van der Waals surface area contributed by atoms with E-state index in [9.17, 15) is 9.00 Å². The van der Waals surface area contributed by atoms with E-state index in [4.69, 9.17) is 0 Å². The summed E-state index contributed by atoms with van der Waals surface area (Å²) in [4.78, 5) is 16.3. The van der Waals surface area contributed by atoms with Gasteiger partial charge in [0.05, 0.1) is 21.4 Å². The van der Waals surface area contributed by atoms with Gasteiger partial charge in [0.1, 0.15) is 5.69 Å². The first-order valence-corrected chi connectivity index (χ1v) is 8.91. The standard InChI is InChI=1S/C19H20N2O2S/c1-19(2,3)24(23)17-11-7-6-10-15(17)21-18(22)16-12-13-8-4-5-9-14(13)20-16/h4-12,20H,1-3H3,(H,21,22). The molecular formula is C19H20N2O2S. The summed E-state index contributed by atoms with van der Waals surface area (Å²) in [5.41, 5.74) is 1.97. The van der Waals surface area contributed by atoms with Gasteiger partial charge in [-0.1, -0.05) is 30.3 Å². The highest BCUT2D eigenvalue weighted by atomic mass is 32.2. The Balaban J connectivity index is 1.91. The average Bonchev–Trinajstić information content (AvgIpc) is 2.98. The molecule has 0 aliphatic heterocycles. The van der Waals surface area contributed by atoms with Crippen LogP contribution in [0, 0.1) is 0 Å². The lowest BCUT2D eigenvalue weighted by Crippen LogP contribution is -2.23. The Hall–Kier alpha value is -2.40. The second-order valence-electron chi connectivity index (χ2n) is 6.60. The molecule has 0 aliphatic carbocycles. The highest BCUT2D eigenvalue weighted by Crippen LogP contribution is 2.27. The lowest BCUT2D eigenvalue weighted by atomic mass is 10.2. The Bertz CT molecular complexity index is 889. The Morgan fingerprint density at radius 3 is 2.42 bits per heavy atom. The molecule has 124 valence electrons. The van der Waals surface area contributed by atoms with E-state index >= 15 is 0 Å². The monoisotopic (exact) mass is 340 g/mol. The van der Waals surface area contributed by atoms with Crippen molar-refractivity contribution in [3.05, 3.63) is 60.3 Å². The van der Waals surface area contributed by atoms with Crippen LogP contribution in [0.5, 0.6) is 0 Å². The Kier molecular flexibility index (Phi) is 4.28. The number of aromatic nitrogens is 1. The number of para-hydroxylation sites is 2. The molecule has 4 nitrogen and oxygen atoms in total. The summed E-state index contributed by atoms with van der Waals surface area (Å²) in [6, 6.07) is 16.8. The molecular weight excluding hydrogens is 320 g/mol. The van der Waals surface area contributed by atoms with Gasteiger partial charge < -0.3 is 10.3 Å². The molecule has 2 N–H and O–H groups in total. The normalized spacial score (nSPS) is 13.0. The van der Waals surface area contributed by atoms with Crippen LogP contribution in [0.25, 0.3) is 10.9 Å². The van der Waals surface area contributed by atoms with Crippen molar-refractivity contribution in [1.29, 1.82) is 0 Å². The lowest BCUT2D eigenvalue weighted by molar-refractivity contribution is 0.102. The van der Waals surface area contributed by atoms with Crippen LogP contribution in [0.15, 0.2) is 59.5 Å². The third-order valence-electron chi connectivity index (χ3n) is 3.67. The Morgan fingerprint density at radius 2 is 1.71 bits per heavy atom. The summed E-state index contributed by atoms with van der Waals surface area (Å²) >= 11 is 0. The summed E-state index contributed by atoms with van der Waals surface area (Å²) < 4.78 is 12.3. The van der Waals surface area contributed by atoms with Crippen LogP contribution in [0.3, 0.4) is 0 Å². The van der Waals surface area contributed by atoms with Gasteiger partial charge in [0.25, 0.3) is 5.91 Å². The molecule has 24 heavy (non-hydrogen) atoms. The highest BCUT2D eigenvalue weighted by molar-refractivity contribution is 7.86. The van der Waals surface area contributed by atoms with Gasteiger partial charge >= 0.3 is 0 Å². The van der Waals surface area contributed by atoms with Gasteiger partial charge in [-0.2, -0.15) is 0 Å². The number of hydrogen-bond donors (Lipinski definition) is 2. The SMILES string of the molecule is CC(C)(C)S(=O)c1ccccc1NC(=O)c1cc2ccccc2[nH]1. The fourth-order valence-electron chi connectivity index (χ4n) is 2.45. The number of fused-ring (bicyclic) bond motifs is 1. The summed E-state index contributed by atoms with van der Waals surface area (Å²) in [6.07, 6.45) is 0. The molecule has 1 amide bonds. The van der Waals surface area contributed by atoms with E-state index in [1.807, 2.05) is 63.2 Å². The van der Waals surface area contributed by atoms with Crippen LogP contribution in [-0.4, -0.2) is 19.8 Å². The number of rotatable bonds is 3. The molecule has 3 rings (SSSR count). The van der Waals surface area contributed by atoms with Crippen molar-refractivity contribution in [2.24, 2.45) is 0 Å². The zero-order valence-electron chi connectivity index (χ0n) is 13.9. The van der Waals surface area contributed by atoms with Crippen LogP contribution in [0.1, 0.15) is 31.3 Å². The molecule has 1 aromatic heterocycles. The molecule has 0 saturated heterocycles. The van der Waals surface area contributed by atoms with E-state index in [2.05, 4.69) is 10.3 Å². The Morgan fingerprint density at radius 1 is 1.04 bits per heavy atom. The van der Waals surface area contributed by atoms with Crippen molar-refractivity contribution in [2.45, 2.75) is 30.4 Å². The maximum absolute atomic E-state index is 12.7. The summed E-state index contributed by atoms with van der Waals surface area (Å²) in [5, 5.41) is 3.86. The van der Waals surface area contributed by atoms with Crippen molar-refractivity contribution < 1.29 is 9.00 Å². The van der Waals surface area contributed by atoms with Crippen LogP contribution in [0.4, 0.5) is 5.69 Å². The van der Waals surface area contributed by atoms with Crippen molar-refractivity contribution in [3.63, 3.8) is 0 Å². The third-order valence-corrected chi connectivity index (χ3v) is 5.53. The van der Waals surface area contributed by atoms with E-state index in [0.717, 1.165) is 10.9 Å². The van der Waals surface area contributed by atoms with Gasteiger partial charge in [0.15, 0.2) is 0 Å². The molecule has 0 bridgehead atoms. The van der Waals surface area contributed by atoms with Crippen LogP contribution < -0.4 is 5.32 Å². The third kappa shape index (κ3) is 3.26. The second kappa shape index (κ2) is 6.24. The number of benzene rings is 2. The van der Waals surface area contributed by atoms with Gasteiger partial charge in [-0.25, -0.2) is 0 Å². The summed E-state index contributed by atoms with van der Waals surface area (Å²) in [6.45, 7) is 5.75. The molecule has 0 aliphatic rings. The average molecular weight is 340 g/mol. The summed E-state index contributed by atoms with van der Waals surface area (Å²) in [5.74, 6) is -0.246. The van der Waals surface area contributed by atoms with E-state index < -0.39 is 15.5 Å². The highest BCUT2D eigenvalue weighted by Gasteiger charge is 2.24. The van der Waals surface area contributed by atoms with E-state index in [1.54, 1.807) is 12.1 Å². The van der Waals surface area contributed by atoms with Crippen molar-refractivity contribution in [1.82, 2.24) is 4.98 Å². The van der Waals surface area contributed by atoms with Gasteiger partial charge in [-0.05, 0) is 45.0 Å². The topological polar surface area (TPSA) is 62.0 Å². The first-order valence-electron chi connectivity index (χ1n) is 7.76. The van der Waals surface area contributed by atoms with Crippen LogP contribution >= 0.6 is 0 Å². The maximum atomic E-state index is 12.7. The number of carbonyl (C=O) groups excluding carboxylic acids is 1. The molecule has 1 atom stereocenters. The van der Waals surface area contributed by atoms with Gasteiger partial charge in [0.2, 0.25) is 0 Å². The largest absolute Gasteiger partial charge is 0.351 e. The number of amides is 1. The first-order chi connectivity index (χ1) is 11.4. The second-order valence-corrected chi connectivity index (χ2v) is 8.80. The molecule has 2 aromatic carbocycles. The van der Waals surface area contributed by atoms with Crippen molar-refractivity contribution in [2.75, 3.05) is 5.32 Å². The molecule has 0 radical (unpaired) electrons. The molecule has 3 aromatic rings. The molecule has 1 heterocycles. The van der Waals surface area contributed by atoms with Gasteiger partial charge in [-0.3, -0.25) is 9.00 Å². The minimum atomic E-state index is -1.22. The van der Waals surface area contributed by atoms with Crippen molar-refractivity contribution >= 4 is 33.3 Å². The van der Waals surface area contributed by atoms with Gasteiger partial charge in [0, 0.05) is 15.6 Å². The minimum Gasteiger partial charge on any atom is -0.351 e. The number of nitrogens with one attached hydrogen (secondary N) is 2. The van der Waals surface area contributed by atoms with Crippen LogP contribution in [0.2, 0.25) is 0 Å². The number of carbonyl (C=O) groups is 1. The minimum absolute atomic E-state index is 0.246. The Labute approximate surface area is 143 Å². The van der Waals surface area contributed by atoms with E-state index in [1.165, 1.54) is 0 Å². The quantitative estimate of drug-likeness (QED) is 0.745.